The molecule has 8 heteroatoms. The average Bonchev–Trinajstić information content (AvgIpc) is 2.61. The molecule has 1 aliphatic rings. The second-order valence-electron chi connectivity index (χ2n) is 5.75. The Bertz CT molecular complexity index is 682. The molecule has 0 unspecified atom stereocenters. The third-order valence-corrected chi connectivity index (χ3v) is 6.01. The molecule has 1 aromatic rings. The number of benzene rings is 1. The van der Waals surface area contributed by atoms with Gasteiger partial charge >= 0.3 is 5.97 Å². The van der Waals surface area contributed by atoms with Gasteiger partial charge in [-0.1, -0.05) is 18.2 Å². The van der Waals surface area contributed by atoms with E-state index in [2.05, 4.69) is 0 Å². The number of amides is 1. The number of hydrogen-bond acceptors (Lipinski definition) is 5. The number of ether oxygens (including phenoxy) is 1. The Balaban J connectivity index is 1.94. The van der Waals surface area contributed by atoms with E-state index < -0.39 is 10.0 Å². The molecule has 0 bridgehead atoms. The second-order valence-corrected chi connectivity index (χ2v) is 7.80. The summed E-state index contributed by atoms with van der Waals surface area (Å²) in [6, 6.07) is 8.01. The number of methoxy groups -OCH3 is 1. The molecule has 7 nitrogen and oxygen atoms in total. The Morgan fingerprint density at radius 1 is 1.21 bits per heavy atom. The van der Waals surface area contributed by atoms with Crippen molar-refractivity contribution in [2.24, 2.45) is 5.92 Å². The molecule has 0 saturated carbocycles. The average molecular weight is 354 g/mol. The van der Waals surface area contributed by atoms with Crippen LogP contribution in [-0.4, -0.2) is 63.3 Å². The van der Waals surface area contributed by atoms with Crippen molar-refractivity contribution in [2.75, 3.05) is 33.8 Å². The number of rotatable bonds is 5. The predicted molar refractivity (Wildman–Crippen MR) is 87.6 cm³/mol. The summed E-state index contributed by atoms with van der Waals surface area (Å²) >= 11 is 0. The minimum absolute atomic E-state index is 0.157. The Morgan fingerprint density at radius 2 is 1.79 bits per heavy atom. The van der Waals surface area contributed by atoms with Crippen LogP contribution >= 0.6 is 0 Å². The highest BCUT2D eigenvalue weighted by Gasteiger charge is 2.30. The van der Waals surface area contributed by atoms with Crippen molar-refractivity contribution in [3.8, 4) is 0 Å². The topological polar surface area (TPSA) is 84.0 Å². The zero-order chi connectivity index (χ0) is 17.7. The lowest BCUT2D eigenvalue weighted by molar-refractivity contribution is -0.148. The van der Waals surface area contributed by atoms with Crippen LogP contribution in [0, 0.1) is 5.92 Å². The van der Waals surface area contributed by atoms with Crippen LogP contribution in [0.3, 0.4) is 0 Å². The normalized spacial score (nSPS) is 16.2. The molecule has 24 heavy (non-hydrogen) atoms. The van der Waals surface area contributed by atoms with E-state index in [0.717, 1.165) is 4.31 Å². The number of hydrogen-bond donors (Lipinski definition) is 0. The molecular formula is C16H22N2O5S. The number of esters is 1. The highest BCUT2D eigenvalue weighted by Crippen LogP contribution is 2.19. The zero-order valence-corrected chi connectivity index (χ0v) is 14.7. The van der Waals surface area contributed by atoms with Crippen LogP contribution < -0.4 is 0 Å². The molecule has 1 aromatic carbocycles. The maximum Gasteiger partial charge on any atom is 0.308 e. The van der Waals surface area contributed by atoms with Gasteiger partial charge in [0.2, 0.25) is 15.9 Å². The van der Waals surface area contributed by atoms with E-state index in [1.165, 1.54) is 26.3 Å². The Hall–Kier alpha value is -1.93. The first kappa shape index (κ1) is 18.4. The quantitative estimate of drug-likeness (QED) is 0.728. The maximum absolute atomic E-state index is 12.4. The van der Waals surface area contributed by atoms with Crippen molar-refractivity contribution in [1.82, 2.24) is 9.21 Å². The molecule has 0 spiro atoms. The van der Waals surface area contributed by atoms with Crippen LogP contribution in [-0.2, 0) is 24.3 Å². The van der Waals surface area contributed by atoms with E-state index in [4.69, 9.17) is 4.74 Å². The van der Waals surface area contributed by atoms with Crippen molar-refractivity contribution in [3.63, 3.8) is 0 Å². The summed E-state index contributed by atoms with van der Waals surface area (Å²) in [5, 5.41) is 0. The maximum atomic E-state index is 12.4. The smallest absolute Gasteiger partial charge is 0.308 e. The SMILES string of the molecule is COC(=O)C1CCN(C(=O)CN(C)S(=O)(=O)c2ccccc2)CC1. The van der Waals surface area contributed by atoms with Gasteiger partial charge in [0, 0.05) is 20.1 Å². The molecule has 0 radical (unpaired) electrons. The summed E-state index contributed by atoms with van der Waals surface area (Å²) in [6.07, 6.45) is 1.07. The molecule has 1 heterocycles. The van der Waals surface area contributed by atoms with Crippen molar-refractivity contribution >= 4 is 21.9 Å². The number of likely N-dealkylation sites (N-methyl/N-ethyl adjacent to an activating group) is 1. The van der Waals surface area contributed by atoms with Crippen LogP contribution in [0.5, 0.6) is 0 Å². The monoisotopic (exact) mass is 354 g/mol. The minimum atomic E-state index is -3.69. The fourth-order valence-corrected chi connectivity index (χ4v) is 3.82. The lowest BCUT2D eigenvalue weighted by Crippen LogP contribution is -2.45. The van der Waals surface area contributed by atoms with E-state index in [9.17, 15) is 18.0 Å². The molecule has 132 valence electrons. The lowest BCUT2D eigenvalue weighted by Gasteiger charge is -2.31. The third-order valence-electron chi connectivity index (χ3n) is 4.19. The minimum Gasteiger partial charge on any atom is -0.469 e. The van der Waals surface area contributed by atoms with Crippen molar-refractivity contribution < 1.29 is 22.7 Å². The second kappa shape index (κ2) is 7.76. The number of sulfonamides is 1. The van der Waals surface area contributed by atoms with Gasteiger partial charge in [0.25, 0.3) is 0 Å². The van der Waals surface area contributed by atoms with Crippen LogP contribution in [0.2, 0.25) is 0 Å². The van der Waals surface area contributed by atoms with Gasteiger partial charge in [0.15, 0.2) is 0 Å². The van der Waals surface area contributed by atoms with Crippen molar-refractivity contribution in [2.45, 2.75) is 17.7 Å². The van der Waals surface area contributed by atoms with Crippen LogP contribution in [0.1, 0.15) is 12.8 Å². The van der Waals surface area contributed by atoms with Crippen molar-refractivity contribution in [1.29, 1.82) is 0 Å². The van der Waals surface area contributed by atoms with Gasteiger partial charge in [-0.15, -0.1) is 0 Å². The summed E-state index contributed by atoms with van der Waals surface area (Å²) in [4.78, 5) is 25.6. The van der Waals surface area contributed by atoms with Crippen molar-refractivity contribution in [3.05, 3.63) is 30.3 Å². The van der Waals surface area contributed by atoms with Gasteiger partial charge in [0.1, 0.15) is 0 Å². The Kier molecular flexibility index (Phi) is 5.95. The highest BCUT2D eigenvalue weighted by molar-refractivity contribution is 7.89. The van der Waals surface area contributed by atoms with E-state index in [1.54, 1.807) is 23.1 Å². The summed E-state index contributed by atoms with van der Waals surface area (Å²) in [5.74, 6) is -0.712. The number of likely N-dealkylation sites (tertiary alicyclic amines) is 1. The number of carbonyl (C=O) groups excluding carboxylic acids is 2. The standard InChI is InChI=1S/C16H22N2O5S/c1-17(24(21,22)14-6-4-3-5-7-14)12-15(19)18-10-8-13(9-11-18)16(20)23-2/h3-7,13H,8-12H2,1-2H3. The van der Waals surface area contributed by atoms with E-state index in [0.29, 0.717) is 25.9 Å². The first-order valence-electron chi connectivity index (χ1n) is 7.73. The van der Waals surface area contributed by atoms with Gasteiger partial charge in [-0.25, -0.2) is 8.42 Å². The molecule has 1 amide bonds. The molecular weight excluding hydrogens is 332 g/mol. The van der Waals surface area contributed by atoms with Gasteiger partial charge in [-0.05, 0) is 25.0 Å². The van der Waals surface area contributed by atoms with E-state index in [1.807, 2.05) is 0 Å². The molecule has 0 atom stereocenters. The fraction of sp³-hybridized carbons (Fsp3) is 0.500. The Labute approximate surface area is 142 Å². The van der Waals surface area contributed by atoms with Gasteiger partial charge < -0.3 is 9.64 Å². The first-order valence-corrected chi connectivity index (χ1v) is 9.17. The third kappa shape index (κ3) is 4.12. The van der Waals surface area contributed by atoms with Gasteiger partial charge in [0.05, 0.1) is 24.5 Å². The van der Waals surface area contributed by atoms with Crippen LogP contribution in [0.25, 0.3) is 0 Å². The Morgan fingerprint density at radius 3 is 2.33 bits per heavy atom. The molecule has 0 aromatic heterocycles. The highest BCUT2D eigenvalue weighted by atomic mass is 32.2. The molecule has 1 saturated heterocycles. The molecule has 0 aliphatic carbocycles. The molecule has 2 rings (SSSR count). The molecule has 0 N–H and O–H groups in total. The van der Waals surface area contributed by atoms with Gasteiger partial charge in [-0.3, -0.25) is 9.59 Å². The molecule has 1 aliphatic heterocycles. The zero-order valence-electron chi connectivity index (χ0n) is 13.8. The number of carbonyl (C=O) groups is 2. The van der Waals surface area contributed by atoms with E-state index >= 15 is 0 Å². The summed E-state index contributed by atoms with van der Waals surface area (Å²) in [5.41, 5.74) is 0. The summed E-state index contributed by atoms with van der Waals surface area (Å²) < 4.78 is 30.6. The molecule has 1 fully saturated rings. The fourth-order valence-electron chi connectivity index (χ4n) is 2.68. The first-order chi connectivity index (χ1) is 11.4. The largest absolute Gasteiger partial charge is 0.469 e. The van der Waals surface area contributed by atoms with Crippen LogP contribution in [0.15, 0.2) is 35.2 Å². The van der Waals surface area contributed by atoms with E-state index in [-0.39, 0.29) is 29.2 Å². The van der Waals surface area contributed by atoms with Gasteiger partial charge in [-0.2, -0.15) is 4.31 Å². The van der Waals surface area contributed by atoms with Crippen LogP contribution in [0.4, 0.5) is 0 Å². The lowest BCUT2D eigenvalue weighted by atomic mass is 9.97. The predicted octanol–water partition coefficient (Wildman–Crippen LogP) is 0.719. The summed E-state index contributed by atoms with van der Waals surface area (Å²) in [7, 11) is -0.948. The number of piperidine rings is 1. The number of nitrogens with zero attached hydrogens (tertiary/aromatic N) is 2. The summed E-state index contributed by atoms with van der Waals surface area (Å²) in [6.45, 7) is 0.635.